The molecule has 1 amide bonds. The van der Waals surface area contributed by atoms with E-state index in [1.165, 1.54) is 5.56 Å². The third-order valence-corrected chi connectivity index (χ3v) is 6.94. The molecule has 2 aromatic carbocycles. The predicted octanol–water partition coefficient (Wildman–Crippen LogP) is 1.65. The second kappa shape index (κ2) is 10.3. The van der Waals surface area contributed by atoms with Crippen LogP contribution in [-0.4, -0.2) is 83.5 Å². The van der Waals surface area contributed by atoms with Gasteiger partial charge in [0.05, 0.1) is 12.2 Å². The Morgan fingerprint density at radius 1 is 0.941 bits per heavy atom. The average molecular weight is 462 g/mol. The molecule has 0 bridgehead atoms. The van der Waals surface area contributed by atoms with E-state index < -0.39 is 0 Å². The fourth-order valence-corrected chi connectivity index (χ4v) is 4.87. The Morgan fingerprint density at radius 2 is 1.62 bits per heavy atom. The molecule has 0 radical (unpaired) electrons. The van der Waals surface area contributed by atoms with Crippen molar-refractivity contribution in [2.24, 2.45) is 0 Å². The monoisotopic (exact) mass is 461 g/mol. The fraction of sp³-hybridized carbons (Fsp3) is 0.440. The summed E-state index contributed by atoms with van der Waals surface area (Å²) < 4.78 is 7.37. The molecule has 2 aliphatic rings. The van der Waals surface area contributed by atoms with E-state index in [1.54, 1.807) is 4.68 Å². The third-order valence-electron chi connectivity index (χ3n) is 6.94. The van der Waals surface area contributed by atoms with E-state index in [-0.39, 0.29) is 11.3 Å². The van der Waals surface area contributed by atoms with Crippen molar-refractivity contribution in [3.05, 3.63) is 66.2 Å². The van der Waals surface area contributed by atoms with Crippen LogP contribution < -0.4 is 10.2 Å². The Balaban J connectivity index is 1.14. The Bertz CT molecular complexity index is 1060. The number of tetrazole rings is 1. The van der Waals surface area contributed by atoms with Crippen molar-refractivity contribution in [3.8, 4) is 5.69 Å². The molecule has 1 aromatic heterocycles. The first-order valence-corrected chi connectivity index (χ1v) is 11.9. The van der Waals surface area contributed by atoms with Crippen molar-refractivity contribution in [3.63, 3.8) is 0 Å². The summed E-state index contributed by atoms with van der Waals surface area (Å²) in [6.45, 7) is 5.62. The lowest BCUT2D eigenvalue weighted by atomic mass is 9.74. The molecule has 2 aliphatic heterocycles. The molecule has 3 heterocycles. The van der Waals surface area contributed by atoms with Crippen LogP contribution >= 0.6 is 0 Å². The van der Waals surface area contributed by atoms with Gasteiger partial charge >= 0.3 is 0 Å². The number of amides is 1. The van der Waals surface area contributed by atoms with E-state index in [0.29, 0.717) is 13.1 Å². The fourth-order valence-electron chi connectivity index (χ4n) is 4.87. The van der Waals surface area contributed by atoms with Gasteiger partial charge < -0.3 is 15.0 Å². The molecule has 3 aromatic rings. The number of carbonyl (C=O) groups is 1. The van der Waals surface area contributed by atoms with Crippen LogP contribution in [-0.2, 0) is 14.9 Å². The van der Waals surface area contributed by atoms with Crippen LogP contribution in [0.4, 0.5) is 5.95 Å². The molecule has 0 aliphatic carbocycles. The Kier molecular flexibility index (Phi) is 6.82. The maximum absolute atomic E-state index is 12.8. The summed E-state index contributed by atoms with van der Waals surface area (Å²) in [7, 11) is 0. The number of hydrogen-bond acceptors (Lipinski definition) is 7. The molecule has 1 N–H and O–H groups in total. The first kappa shape index (κ1) is 22.5. The molecule has 0 saturated carbocycles. The average Bonchev–Trinajstić information content (AvgIpc) is 3.40. The molecule has 0 unspecified atom stereocenters. The molecule has 34 heavy (non-hydrogen) atoms. The largest absolute Gasteiger partial charge is 0.381 e. The number of aromatic nitrogens is 4. The van der Waals surface area contributed by atoms with Crippen molar-refractivity contribution in [2.75, 3.05) is 57.4 Å². The van der Waals surface area contributed by atoms with Gasteiger partial charge in [0.25, 0.3) is 0 Å². The lowest BCUT2D eigenvalue weighted by Crippen LogP contribution is -2.51. The third kappa shape index (κ3) is 4.95. The number of benzene rings is 2. The normalized spacial score (nSPS) is 18.5. The van der Waals surface area contributed by atoms with Crippen molar-refractivity contribution < 1.29 is 9.53 Å². The van der Waals surface area contributed by atoms with E-state index in [1.807, 2.05) is 36.4 Å². The summed E-state index contributed by atoms with van der Waals surface area (Å²) in [6, 6.07) is 20.4. The van der Waals surface area contributed by atoms with Gasteiger partial charge in [0.2, 0.25) is 11.9 Å². The van der Waals surface area contributed by atoms with Crippen LogP contribution in [0.15, 0.2) is 60.7 Å². The second-order valence-electron chi connectivity index (χ2n) is 9.02. The number of anilines is 1. The summed E-state index contributed by atoms with van der Waals surface area (Å²) in [4.78, 5) is 17.2. The number of hydrogen-bond donors (Lipinski definition) is 1. The van der Waals surface area contributed by atoms with E-state index in [0.717, 1.165) is 63.9 Å². The summed E-state index contributed by atoms with van der Waals surface area (Å²) in [5.41, 5.74) is 2.16. The Labute approximate surface area is 199 Å². The zero-order valence-electron chi connectivity index (χ0n) is 19.3. The number of piperazine rings is 1. The number of ether oxygens (including phenoxy) is 1. The van der Waals surface area contributed by atoms with Gasteiger partial charge in [-0.25, -0.2) is 0 Å². The van der Waals surface area contributed by atoms with Crippen molar-refractivity contribution in [1.82, 2.24) is 30.4 Å². The molecule has 2 saturated heterocycles. The van der Waals surface area contributed by atoms with Gasteiger partial charge in [-0.2, -0.15) is 4.68 Å². The minimum atomic E-state index is -0.0532. The highest BCUT2D eigenvalue weighted by molar-refractivity contribution is 5.78. The summed E-state index contributed by atoms with van der Waals surface area (Å²) in [6.07, 6.45) is 1.85. The number of nitrogens with one attached hydrogen (secondary N) is 1. The van der Waals surface area contributed by atoms with Crippen LogP contribution in [0.25, 0.3) is 5.69 Å². The predicted molar refractivity (Wildman–Crippen MR) is 129 cm³/mol. The van der Waals surface area contributed by atoms with Gasteiger partial charge in [-0.3, -0.25) is 9.69 Å². The summed E-state index contributed by atoms with van der Waals surface area (Å²) in [5, 5.41) is 15.5. The minimum absolute atomic E-state index is 0.0532. The van der Waals surface area contributed by atoms with Gasteiger partial charge in [-0.1, -0.05) is 53.6 Å². The number of para-hydroxylation sites is 1. The number of carbonyl (C=O) groups excluding carboxylic acids is 1. The van der Waals surface area contributed by atoms with Gasteiger partial charge in [-0.05, 0) is 41.0 Å². The van der Waals surface area contributed by atoms with E-state index >= 15 is 0 Å². The lowest BCUT2D eigenvalue weighted by Gasteiger charge is -2.38. The zero-order chi connectivity index (χ0) is 23.2. The summed E-state index contributed by atoms with van der Waals surface area (Å²) >= 11 is 0. The van der Waals surface area contributed by atoms with Gasteiger partial charge in [0.1, 0.15) is 0 Å². The molecule has 9 nitrogen and oxygen atoms in total. The zero-order valence-corrected chi connectivity index (χ0v) is 19.3. The van der Waals surface area contributed by atoms with Crippen molar-refractivity contribution in [1.29, 1.82) is 0 Å². The van der Waals surface area contributed by atoms with Gasteiger partial charge in [-0.15, -0.1) is 0 Å². The topological polar surface area (TPSA) is 88.4 Å². The van der Waals surface area contributed by atoms with Gasteiger partial charge in [0.15, 0.2) is 0 Å². The van der Waals surface area contributed by atoms with Crippen LogP contribution in [0, 0.1) is 0 Å². The van der Waals surface area contributed by atoms with Crippen molar-refractivity contribution in [2.45, 2.75) is 18.3 Å². The highest BCUT2D eigenvalue weighted by Crippen LogP contribution is 2.34. The molecular formula is C25H31N7O2. The van der Waals surface area contributed by atoms with Crippen LogP contribution in [0.2, 0.25) is 0 Å². The maximum Gasteiger partial charge on any atom is 0.250 e. The number of rotatable bonds is 7. The van der Waals surface area contributed by atoms with Crippen LogP contribution in [0.5, 0.6) is 0 Å². The maximum atomic E-state index is 12.8. The number of nitrogens with zero attached hydrogens (tertiary/aromatic N) is 6. The molecular weight excluding hydrogens is 430 g/mol. The molecule has 0 atom stereocenters. The highest BCUT2D eigenvalue weighted by Gasteiger charge is 2.35. The molecule has 2 fully saturated rings. The molecule has 0 spiro atoms. The quantitative estimate of drug-likeness (QED) is 0.572. The second-order valence-corrected chi connectivity index (χ2v) is 9.02. The molecule has 9 heteroatoms. The van der Waals surface area contributed by atoms with E-state index in [4.69, 9.17) is 4.74 Å². The molecule has 178 valence electrons. The minimum Gasteiger partial charge on any atom is -0.381 e. The first-order valence-electron chi connectivity index (χ1n) is 11.9. The lowest BCUT2D eigenvalue weighted by molar-refractivity contribution is -0.122. The SMILES string of the molecule is O=C(CN1CCN(c2nnnn2-c2ccccc2)CC1)NCC1(c2ccccc2)CCOCC1. The standard InChI is InChI=1S/C25H31N7O2/c33-23(26-20-25(11-17-34-18-12-25)21-7-3-1-4-8-21)19-30-13-15-31(16-14-30)24-27-28-29-32(24)22-9-5-2-6-10-22/h1-10H,11-20H2,(H,26,33). The highest BCUT2D eigenvalue weighted by atomic mass is 16.5. The Hall–Kier alpha value is -3.30. The van der Waals surface area contributed by atoms with Crippen LogP contribution in [0.3, 0.4) is 0 Å². The smallest absolute Gasteiger partial charge is 0.250 e. The molecule has 5 rings (SSSR count). The van der Waals surface area contributed by atoms with Crippen molar-refractivity contribution >= 4 is 11.9 Å². The van der Waals surface area contributed by atoms with E-state index in [9.17, 15) is 4.79 Å². The first-order chi connectivity index (χ1) is 16.7. The van der Waals surface area contributed by atoms with E-state index in [2.05, 4.69) is 54.9 Å². The van der Waals surface area contributed by atoms with Gasteiger partial charge in [0, 0.05) is 51.4 Å². The Morgan fingerprint density at radius 3 is 2.32 bits per heavy atom. The summed E-state index contributed by atoms with van der Waals surface area (Å²) in [5.74, 6) is 0.809. The van der Waals surface area contributed by atoms with Crippen LogP contribution in [0.1, 0.15) is 18.4 Å².